The van der Waals surface area contributed by atoms with Crippen molar-refractivity contribution in [3.05, 3.63) is 74.3 Å². The second-order valence-electron chi connectivity index (χ2n) is 7.14. The van der Waals surface area contributed by atoms with Gasteiger partial charge in [0.05, 0.1) is 11.6 Å². The molecule has 148 valence electrons. The fraction of sp³-hybridized carbons (Fsp3) is 0.304. The number of fused-ring (bicyclic) bond motifs is 1. The van der Waals surface area contributed by atoms with Gasteiger partial charge in [0.15, 0.2) is 0 Å². The maximum Gasteiger partial charge on any atom is 0.226 e. The summed E-state index contributed by atoms with van der Waals surface area (Å²) in [4.78, 5) is 15.0. The van der Waals surface area contributed by atoms with Gasteiger partial charge in [0.1, 0.15) is 11.1 Å². The summed E-state index contributed by atoms with van der Waals surface area (Å²) in [6.45, 7) is 0.566. The average Bonchev–Trinajstić information content (AvgIpc) is 3.39. The molecule has 4 rings (SSSR count). The Balaban J connectivity index is 1.38. The first kappa shape index (κ1) is 19.8. The highest BCUT2D eigenvalue weighted by atomic mass is 32.1. The number of rotatable bonds is 7. The van der Waals surface area contributed by atoms with Gasteiger partial charge in [-0.1, -0.05) is 36.4 Å². The van der Waals surface area contributed by atoms with Gasteiger partial charge in [-0.15, -0.1) is 22.7 Å². The molecular weight excluding hydrogens is 398 g/mol. The molecule has 1 atom stereocenters. The van der Waals surface area contributed by atoms with Crippen molar-refractivity contribution in [3.63, 3.8) is 0 Å². The summed E-state index contributed by atoms with van der Waals surface area (Å²) in [5.41, 5.74) is 3.01. The molecule has 0 bridgehead atoms. The number of aryl methyl sites for hydroxylation is 1. The van der Waals surface area contributed by atoms with Gasteiger partial charge in [-0.3, -0.25) is 4.79 Å². The van der Waals surface area contributed by atoms with Crippen LogP contribution in [0.15, 0.2) is 47.8 Å². The van der Waals surface area contributed by atoms with E-state index in [1.807, 2.05) is 24.3 Å². The van der Waals surface area contributed by atoms with Crippen molar-refractivity contribution in [2.45, 2.75) is 38.1 Å². The van der Waals surface area contributed by atoms with Crippen LogP contribution in [0.3, 0.4) is 0 Å². The molecule has 1 aliphatic rings. The number of nitrogens with zero attached hydrogens (tertiary/aromatic N) is 1. The lowest BCUT2D eigenvalue weighted by molar-refractivity contribution is -0.116. The zero-order chi connectivity index (χ0) is 20.1. The van der Waals surface area contributed by atoms with E-state index in [1.165, 1.54) is 21.7 Å². The monoisotopic (exact) mass is 421 g/mol. The molecule has 1 aliphatic carbocycles. The van der Waals surface area contributed by atoms with E-state index in [9.17, 15) is 10.1 Å². The van der Waals surface area contributed by atoms with E-state index in [4.69, 9.17) is 0 Å². The van der Waals surface area contributed by atoms with Gasteiger partial charge in [-0.2, -0.15) is 5.26 Å². The zero-order valence-electron chi connectivity index (χ0n) is 16.1. The minimum absolute atomic E-state index is 0.0504. The molecule has 4 nitrogen and oxygen atoms in total. The van der Waals surface area contributed by atoms with Crippen molar-refractivity contribution >= 4 is 33.6 Å². The molecule has 1 amide bonds. The number of benzene rings is 1. The van der Waals surface area contributed by atoms with Crippen LogP contribution >= 0.6 is 22.7 Å². The van der Waals surface area contributed by atoms with E-state index in [0.717, 1.165) is 29.8 Å². The number of hydrogen-bond donors (Lipinski definition) is 2. The fourth-order valence-corrected chi connectivity index (χ4v) is 5.86. The lowest BCUT2D eigenvalue weighted by Gasteiger charge is -2.18. The van der Waals surface area contributed by atoms with Crippen LogP contribution in [0, 0.1) is 11.3 Å². The van der Waals surface area contributed by atoms with E-state index in [-0.39, 0.29) is 11.9 Å². The van der Waals surface area contributed by atoms with Crippen LogP contribution in [0.1, 0.15) is 51.7 Å². The predicted octanol–water partition coefficient (Wildman–Crippen LogP) is 5.27. The molecule has 0 spiro atoms. The molecule has 3 aromatic rings. The standard InChI is InChI=1S/C23H23N3OS2/c24-15-18-17-9-4-5-10-19(17)29-23(18)26-21(27)12-13-25-22(20-11-6-14-28-20)16-7-2-1-3-8-16/h1-3,6-8,11,14,22,25H,4-5,9-10,12-13H2,(H,26,27)/t22-/m0/s1. The van der Waals surface area contributed by atoms with Crippen LogP contribution in [0.25, 0.3) is 0 Å². The molecule has 0 unspecified atom stereocenters. The van der Waals surface area contributed by atoms with E-state index in [2.05, 4.69) is 40.3 Å². The molecule has 6 heteroatoms. The van der Waals surface area contributed by atoms with E-state index < -0.39 is 0 Å². The third-order valence-corrected chi connectivity index (χ3v) is 7.34. The van der Waals surface area contributed by atoms with Crippen LogP contribution in [0.2, 0.25) is 0 Å². The lowest BCUT2D eigenvalue weighted by atomic mass is 9.96. The quantitative estimate of drug-likeness (QED) is 0.546. The summed E-state index contributed by atoms with van der Waals surface area (Å²) < 4.78 is 0. The van der Waals surface area contributed by atoms with E-state index in [0.29, 0.717) is 18.5 Å². The minimum Gasteiger partial charge on any atom is -0.317 e. The number of nitrogens with one attached hydrogen (secondary N) is 2. The number of anilines is 1. The van der Waals surface area contributed by atoms with Crippen LogP contribution in [0.4, 0.5) is 5.00 Å². The summed E-state index contributed by atoms with van der Waals surface area (Å²) in [6.07, 6.45) is 4.62. The first-order valence-corrected chi connectivity index (χ1v) is 11.6. The van der Waals surface area contributed by atoms with Crippen LogP contribution in [0.5, 0.6) is 0 Å². The number of carbonyl (C=O) groups excluding carboxylic acids is 1. The molecule has 29 heavy (non-hydrogen) atoms. The third kappa shape index (κ3) is 4.59. The van der Waals surface area contributed by atoms with Gasteiger partial charge in [-0.25, -0.2) is 0 Å². The third-order valence-electron chi connectivity index (χ3n) is 5.20. The average molecular weight is 422 g/mol. The number of carbonyl (C=O) groups is 1. The number of hydrogen-bond acceptors (Lipinski definition) is 5. The molecule has 1 aromatic carbocycles. The molecule has 2 aromatic heterocycles. The molecule has 0 radical (unpaired) electrons. The fourth-order valence-electron chi connectivity index (χ4n) is 3.78. The normalized spacial score (nSPS) is 14.0. The molecule has 2 heterocycles. The van der Waals surface area contributed by atoms with Crippen molar-refractivity contribution in [1.82, 2.24) is 5.32 Å². The van der Waals surface area contributed by atoms with Gasteiger partial charge in [0, 0.05) is 22.7 Å². The first-order chi connectivity index (χ1) is 14.3. The van der Waals surface area contributed by atoms with Gasteiger partial charge < -0.3 is 10.6 Å². The Bertz CT molecular complexity index is 1000. The zero-order valence-corrected chi connectivity index (χ0v) is 17.7. The number of nitriles is 1. The Morgan fingerprint density at radius 3 is 2.72 bits per heavy atom. The molecule has 0 saturated heterocycles. The first-order valence-electron chi connectivity index (χ1n) is 9.92. The highest BCUT2D eigenvalue weighted by Crippen LogP contribution is 2.37. The second-order valence-corrected chi connectivity index (χ2v) is 9.22. The van der Waals surface area contributed by atoms with Crippen molar-refractivity contribution in [2.24, 2.45) is 0 Å². The Labute approximate surface area is 179 Å². The maximum absolute atomic E-state index is 12.5. The van der Waals surface area contributed by atoms with Crippen LogP contribution in [-0.2, 0) is 17.6 Å². The number of thiophene rings is 2. The Morgan fingerprint density at radius 1 is 1.14 bits per heavy atom. The van der Waals surface area contributed by atoms with Crippen LogP contribution < -0.4 is 10.6 Å². The van der Waals surface area contributed by atoms with Crippen LogP contribution in [-0.4, -0.2) is 12.5 Å². The maximum atomic E-state index is 12.5. The second kappa shape index (κ2) is 9.36. The van der Waals surface area contributed by atoms with Crippen molar-refractivity contribution in [3.8, 4) is 6.07 Å². The van der Waals surface area contributed by atoms with E-state index >= 15 is 0 Å². The van der Waals surface area contributed by atoms with Crippen molar-refractivity contribution in [2.75, 3.05) is 11.9 Å². The van der Waals surface area contributed by atoms with Gasteiger partial charge in [0.25, 0.3) is 0 Å². The summed E-state index contributed by atoms with van der Waals surface area (Å²) in [5.74, 6) is -0.0504. The Kier molecular flexibility index (Phi) is 6.40. The highest BCUT2D eigenvalue weighted by molar-refractivity contribution is 7.16. The largest absolute Gasteiger partial charge is 0.317 e. The summed E-state index contributed by atoms with van der Waals surface area (Å²) in [5, 5.41) is 18.9. The highest BCUT2D eigenvalue weighted by Gasteiger charge is 2.22. The minimum atomic E-state index is -0.0504. The van der Waals surface area contributed by atoms with Gasteiger partial charge in [0.2, 0.25) is 5.91 Å². The molecular formula is C23H23N3OS2. The van der Waals surface area contributed by atoms with E-state index in [1.54, 1.807) is 22.7 Å². The Morgan fingerprint density at radius 2 is 1.97 bits per heavy atom. The van der Waals surface area contributed by atoms with Crippen molar-refractivity contribution in [1.29, 1.82) is 5.26 Å². The summed E-state index contributed by atoms with van der Waals surface area (Å²) >= 11 is 3.29. The SMILES string of the molecule is N#Cc1c(NC(=O)CCN[C@@H](c2ccccc2)c2cccs2)sc2c1CCCC2. The molecule has 0 saturated carbocycles. The molecule has 0 fully saturated rings. The van der Waals surface area contributed by atoms with Crippen molar-refractivity contribution < 1.29 is 4.79 Å². The number of amides is 1. The molecule has 0 aliphatic heterocycles. The topological polar surface area (TPSA) is 64.9 Å². The lowest BCUT2D eigenvalue weighted by Crippen LogP contribution is -2.26. The molecule has 2 N–H and O–H groups in total. The predicted molar refractivity (Wildman–Crippen MR) is 120 cm³/mol. The van der Waals surface area contributed by atoms with Gasteiger partial charge >= 0.3 is 0 Å². The van der Waals surface area contributed by atoms with Gasteiger partial charge in [-0.05, 0) is 48.3 Å². The summed E-state index contributed by atoms with van der Waals surface area (Å²) in [6, 6.07) is 16.8. The Hall–Kier alpha value is -2.46. The summed E-state index contributed by atoms with van der Waals surface area (Å²) in [7, 11) is 0. The smallest absolute Gasteiger partial charge is 0.226 e.